The highest BCUT2D eigenvalue weighted by molar-refractivity contribution is 5.66. The Kier molecular flexibility index (Phi) is 17.8. The second kappa shape index (κ2) is 16.9. The molecule has 0 aromatic rings. The van der Waals surface area contributed by atoms with E-state index in [1.807, 2.05) is 0 Å². The molecule has 126 valence electrons. The summed E-state index contributed by atoms with van der Waals surface area (Å²) < 4.78 is 0. The van der Waals surface area contributed by atoms with Gasteiger partial charge in [0.15, 0.2) is 0 Å². The maximum Gasteiger partial charge on any atom is 0.303 e. The molecule has 0 heterocycles. The van der Waals surface area contributed by atoms with E-state index in [0.29, 0.717) is 0 Å². The van der Waals surface area contributed by atoms with Gasteiger partial charge in [-0.2, -0.15) is 0 Å². The molecule has 0 spiro atoms. The van der Waals surface area contributed by atoms with Crippen LogP contribution in [0, 0.1) is 0 Å². The van der Waals surface area contributed by atoms with Crippen LogP contribution in [0.2, 0.25) is 0 Å². The van der Waals surface area contributed by atoms with E-state index in [9.17, 15) is 9.59 Å². The van der Waals surface area contributed by atoms with Crippen molar-refractivity contribution in [2.24, 2.45) is 0 Å². The average Bonchev–Trinajstić information content (AvgIpc) is 2.40. The van der Waals surface area contributed by atoms with Crippen molar-refractivity contribution in [1.82, 2.24) is 5.32 Å². The normalized spacial score (nSPS) is 11.4. The lowest BCUT2D eigenvalue weighted by atomic mass is 10.1. The van der Waals surface area contributed by atoms with Gasteiger partial charge in [0, 0.05) is 12.8 Å². The highest BCUT2D eigenvalue weighted by Gasteiger charge is 1.98. The summed E-state index contributed by atoms with van der Waals surface area (Å²) in [6.07, 6.45) is 8.15. The molecule has 0 aliphatic heterocycles. The number of aliphatic carboxylic acids is 2. The molecule has 0 aromatic heterocycles. The Morgan fingerprint density at radius 3 is 1.24 bits per heavy atom. The summed E-state index contributed by atoms with van der Waals surface area (Å²) in [6.45, 7) is 1.67. The molecule has 6 heteroatoms. The molecule has 0 amide bonds. The number of nitrogens with one attached hydrogen (secondary N) is 1. The average molecular weight is 305 g/mol. The van der Waals surface area contributed by atoms with Crippen LogP contribution < -0.4 is 5.32 Å². The third kappa shape index (κ3) is 27.9. The standard InChI is InChI=1S/C12H22O4.C3H9NO/c13-11(14)9-7-5-3-1-2-4-6-8-10-12(15)16;1-3(5)4-2/h1-10H2,(H,13,14)(H,15,16);3-5H,1-2H3. The number of hydrogen-bond donors (Lipinski definition) is 4. The molecule has 0 radical (unpaired) electrons. The molecule has 0 aromatic carbocycles. The molecular formula is C15H31NO5. The zero-order valence-corrected chi connectivity index (χ0v) is 13.3. The monoisotopic (exact) mass is 305 g/mol. The summed E-state index contributed by atoms with van der Waals surface area (Å²) in [5.41, 5.74) is 0. The quantitative estimate of drug-likeness (QED) is 0.326. The Bertz CT molecular complexity index is 234. The summed E-state index contributed by atoms with van der Waals surface area (Å²) in [5.74, 6) is -1.43. The maximum absolute atomic E-state index is 10.2. The summed E-state index contributed by atoms with van der Waals surface area (Å²) >= 11 is 0. The van der Waals surface area contributed by atoms with E-state index in [2.05, 4.69) is 5.32 Å². The van der Waals surface area contributed by atoms with Gasteiger partial charge in [0.05, 0.1) is 0 Å². The van der Waals surface area contributed by atoms with Gasteiger partial charge in [-0.15, -0.1) is 0 Å². The Morgan fingerprint density at radius 1 is 0.810 bits per heavy atom. The summed E-state index contributed by atoms with van der Waals surface area (Å²) in [4.78, 5) is 20.4. The van der Waals surface area contributed by atoms with E-state index in [1.165, 1.54) is 0 Å². The van der Waals surface area contributed by atoms with Gasteiger partial charge in [0.25, 0.3) is 0 Å². The van der Waals surface area contributed by atoms with Crippen LogP contribution in [-0.2, 0) is 9.59 Å². The third-order valence-corrected chi connectivity index (χ3v) is 2.95. The first kappa shape index (κ1) is 22.1. The second-order valence-electron chi connectivity index (χ2n) is 5.08. The molecule has 0 saturated carbocycles. The highest BCUT2D eigenvalue weighted by Crippen LogP contribution is 2.10. The minimum Gasteiger partial charge on any atom is -0.481 e. The lowest BCUT2D eigenvalue weighted by molar-refractivity contribution is -0.138. The maximum atomic E-state index is 10.2. The second-order valence-corrected chi connectivity index (χ2v) is 5.08. The molecule has 1 unspecified atom stereocenters. The molecule has 1 atom stereocenters. The largest absolute Gasteiger partial charge is 0.481 e. The predicted molar refractivity (Wildman–Crippen MR) is 82.2 cm³/mol. The van der Waals surface area contributed by atoms with Crippen molar-refractivity contribution in [3.8, 4) is 0 Å². The van der Waals surface area contributed by atoms with Gasteiger partial charge in [-0.3, -0.25) is 14.9 Å². The van der Waals surface area contributed by atoms with Gasteiger partial charge in [-0.1, -0.05) is 38.5 Å². The minimum atomic E-state index is -0.714. The molecule has 0 bridgehead atoms. The van der Waals surface area contributed by atoms with Crippen molar-refractivity contribution in [1.29, 1.82) is 0 Å². The first-order chi connectivity index (χ1) is 9.90. The Hall–Kier alpha value is -1.14. The lowest BCUT2D eigenvalue weighted by Crippen LogP contribution is -2.19. The number of carboxylic acids is 2. The number of aliphatic hydroxyl groups excluding tert-OH is 1. The molecule has 6 nitrogen and oxygen atoms in total. The van der Waals surface area contributed by atoms with Crippen LogP contribution >= 0.6 is 0 Å². The van der Waals surface area contributed by atoms with Crippen LogP contribution in [0.1, 0.15) is 71.1 Å². The molecule has 0 aliphatic carbocycles. The van der Waals surface area contributed by atoms with Gasteiger partial charge < -0.3 is 15.3 Å². The highest BCUT2D eigenvalue weighted by atomic mass is 16.4. The van der Waals surface area contributed by atoms with E-state index < -0.39 is 11.9 Å². The number of carboxylic acid groups (broad SMARTS) is 2. The first-order valence-corrected chi connectivity index (χ1v) is 7.69. The van der Waals surface area contributed by atoms with Crippen molar-refractivity contribution in [2.75, 3.05) is 7.05 Å². The number of carbonyl (C=O) groups is 2. The molecule has 0 rings (SSSR count). The van der Waals surface area contributed by atoms with Crippen LogP contribution in [0.3, 0.4) is 0 Å². The number of rotatable bonds is 12. The van der Waals surface area contributed by atoms with Crippen LogP contribution in [0.25, 0.3) is 0 Å². The summed E-state index contributed by atoms with van der Waals surface area (Å²) in [7, 11) is 1.70. The molecule has 21 heavy (non-hydrogen) atoms. The Balaban J connectivity index is 0. The summed E-state index contributed by atoms with van der Waals surface area (Å²) in [5, 5.41) is 27.7. The molecular weight excluding hydrogens is 274 g/mol. The van der Waals surface area contributed by atoms with Crippen molar-refractivity contribution >= 4 is 11.9 Å². The Labute approximate surface area is 127 Å². The molecule has 4 N–H and O–H groups in total. The fourth-order valence-electron chi connectivity index (χ4n) is 1.61. The van der Waals surface area contributed by atoms with Crippen molar-refractivity contribution in [3.05, 3.63) is 0 Å². The van der Waals surface area contributed by atoms with Gasteiger partial charge >= 0.3 is 11.9 Å². The van der Waals surface area contributed by atoms with Crippen molar-refractivity contribution in [3.63, 3.8) is 0 Å². The minimum absolute atomic E-state index is 0.276. The fraction of sp³-hybridized carbons (Fsp3) is 0.867. The SMILES string of the molecule is CNC(C)O.O=C(O)CCCCCCCCCCC(=O)O. The van der Waals surface area contributed by atoms with Gasteiger partial charge in [0.2, 0.25) is 0 Å². The van der Waals surface area contributed by atoms with Crippen LogP contribution in [0.4, 0.5) is 0 Å². The van der Waals surface area contributed by atoms with E-state index in [1.54, 1.807) is 14.0 Å². The number of aliphatic hydroxyl groups is 1. The topological polar surface area (TPSA) is 107 Å². The lowest BCUT2D eigenvalue weighted by Gasteiger charge is -2.00. The van der Waals surface area contributed by atoms with Gasteiger partial charge in [-0.05, 0) is 26.8 Å². The molecule has 0 fully saturated rings. The first-order valence-electron chi connectivity index (χ1n) is 7.69. The predicted octanol–water partition coefficient (Wildman–Crippen LogP) is 2.60. The van der Waals surface area contributed by atoms with E-state index >= 15 is 0 Å². The molecule has 0 aliphatic rings. The van der Waals surface area contributed by atoms with Gasteiger partial charge in [-0.25, -0.2) is 0 Å². The zero-order valence-electron chi connectivity index (χ0n) is 13.3. The number of hydrogen-bond acceptors (Lipinski definition) is 4. The smallest absolute Gasteiger partial charge is 0.303 e. The van der Waals surface area contributed by atoms with Crippen LogP contribution in [0.5, 0.6) is 0 Å². The number of unbranched alkanes of at least 4 members (excludes halogenated alkanes) is 7. The van der Waals surface area contributed by atoms with Crippen molar-refractivity contribution in [2.45, 2.75) is 77.4 Å². The zero-order chi connectivity index (χ0) is 16.5. The Morgan fingerprint density at radius 2 is 1.05 bits per heavy atom. The van der Waals surface area contributed by atoms with Crippen LogP contribution in [-0.4, -0.2) is 40.5 Å². The fourth-order valence-corrected chi connectivity index (χ4v) is 1.61. The van der Waals surface area contributed by atoms with E-state index in [-0.39, 0.29) is 19.1 Å². The third-order valence-electron chi connectivity index (χ3n) is 2.95. The van der Waals surface area contributed by atoms with E-state index in [4.69, 9.17) is 15.3 Å². The van der Waals surface area contributed by atoms with Crippen LogP contribution in [0.15, 0.2) is 0 Å². The van der Waals surface area contributed by atoms with Crippen molar-refractivity contribution < 1.29 is 24.9 Å². The molecule has 0 saturated heterocycles. The summed E-state index contributed by atoms with van der Waals surface area (Å²) in [6, 6.07) is 0. The van der Waals surface area contributed by atoms with E-state index in [0.717, 1.165) is 51.4 Å². The van der Waals surface area contributed by atoms with Gasteiger partial charge in [0.1, 0.15) is 6.23 Å².